The van der Waals surface area contributed by atoms with Crippen molar-refractivity contribution in [1.82, 2.24) is 14.8 Å². The third-order valence-electron chi connectivity index (χ3n) is 5.20. The summed E-state index contributed by atoms with van der Waals surface area (Å²) < 4.78 is 25.7. The fourth-order valence-electron chi connectivity index (χ4n) is 3.62. The third kappa shape index (κ3) is 4.69. The minimum atomic E-state index is -0.330. The van der Waals surface area contributed by atoms with E-state index in [4.69, 9.17) is 9.47 Å². The van der Waals surface area contributed by atoms with Crippen LogP contribution in [0.2, 0.25) is 0 Å². The summed E-state index contributed by atoms with van der Waals surface area (Å²) in [6, 6.07) is 15.1. The second-order valence-electron chi connectivity index (χ2n) is 7.35. The number of halogens is 1. The maximum Gasteiger partial charge on any atom is 0.229 e. The summed E-state index contributed by atoms with van der Waals surface area (Å²) in [4.78, 5) is 17.1. The molecule has 1 amide bonds. The molecule has 8 heteroatoms. The third-order valence-corrected chi connectivity index (χ3v) is 5.20. The first-order valence-electron chi connectivity index (χ1n) is 10.2. The number of nitrogens with one attached hydrogen (secondary N) is 1. The Morgan fingerprint density at radius 1 is 0.970 bits per heavy atom. The Bertz CT molecular complexity index is 1270. The van der Waals surface area contributed by atoms with Crippen LogP contribution in [-0.2, 0) is 18.3 Å². The highest BCUT2D eigenvalue weighted by atomic mass is 19.1. The lowest BCUT2D eigenvalue weighted by atomic mass is 10.0. The Labute approximate surface area is 190 Å². The van der Waals surface area contributed by atoms with Crippen molar-refractivity contribution in [1.29, 1.82) is 0 Å². The van der Waals surface area contributed by atoms with Gasteiger partial charge in [-0.05, 0) is 59.7 Å². The Hall–Kier alpha value is -4.20. The summed E-state index contributed by atoms with van der Waals surface area (Å²) in [7, 11) is 4.87. The number of methoxy groups -OCH3 is 2. The Morgan fingerprint density at radius 2 is 1.67 bits per heavy atom. The SMILES string of the molecule is COc1ccc(CC(=O)Nc2c(-c3ccncc3)c(-c3ccc(F)cc3)nn2C)cc1OC. The fourth-order valence-corrected chi connectivity index (χ4v) is 3.62. The molecule has 0 atom stereocenters. The first-order chi connectivity index (χ1) is 16.0. The smallest absolute Gasteiger partial charge is 0.229 e. The van der Waals surface area contributed by atoms with E-state index >= 15 is 0 Å². The monoisotopic (exact) mass is 446 g/mol. The lowest BCUT2D eigenvalue weighted by Gasteiger charge is -2.11. The van der Waals surface area contributed by atoms with Gasteiger partial charge in [0, 0.05) is 25.0 Å². The number of pyridine rings is 1. The van der Waals surface area contributed by atoms with E-state index in [2.05, 4.69) is 15.4 Å². The van der Waals surface area contributed by atoms with Crippen LogP contribution >= 0.6 is 0 Å². The van der Waals surface area contributed by atoms with E-state index in [1.807, 2.05) is 18.2 Å². The number of aryl methyl sites for hydroxylation is 1. The van der Waals surface area contributed by atoms with Gasteiger partial charge in [0.15, 0.2) is 11.5 Å². The number of amides is 1. The summed E-state index contributed by atoms with van der Waals surface area (Å²) in [6.07, 6.45) is 3.48. The Balaban J connectivity index is 1.69. The predicted molar refractivity (Wildman–Crippen MR) is 124 cm³/mol. The van der Waals surface area contributed by atoms with Gasteiger partial charge < -0.3 is 14.8 Å². The van der Waals surface area contributed by atoms with E-state index in [9.17, 15) is 9.18 Å². The summed E-state index contributed by atoms with van der Waals surface area (Å²) in [5.41, 5.74) is 3.70. The van der Waals surface area contributed by atoms with Gasteiger partial charge in [-0.1, -0.05) is 6.07 Å². The molecule has 0 fully saturated rings. The van der Waals surface area contributed by atoms with Gasteiger partial charge in [0.25, 0.3) is 0 Å². The summed E-state index contributed by atoms with van der Waals surface area (Å²) in [6.45, 7) is 0. The van der Waals surface area contributed by atoms with Crippen LogP contribution in [0.4, 0.5) is 10.2 Å². The number of ether oxygens (including phenoxy) is 2. The van der Waals surface area contributed by atoms with E-state index in [0.29, 0.717) is 23.0 Å². The molecule has 0 spiro atoms. The van der Waals surface area contributed by atoms with Crippen LogP contribution in [-0.4, -0.2) is 34.9 Å². The second-order valence-corrected chi connectivity index (χ2v) is 7.35. The number of aromatic nitrogens is 3. The quantitative estimate of drug-likeness (QED) is 0.453. The number of rotatable bonds is 7. The molecule has 0 radical (unpaired) electrons. The van der Waals surface area contributed by atoms with Crippen molar-refractivity contribution in [2.45, 2.75) is 6.42 Å². The molecule has 0 bridgehead atoms. The maximum absolute atomic E-state index is 13.5. The molecule has 0 saturated carbocycles. The van der Waals surface area contributed by atoms with Crippen molar-refractivity contribution in [3.8, 4) is 33.9 Å². The molecule has 2 aromatic carbocycles. The highest BCUT2D eigenvalue weighted by molar-refractivity contribution is 5.99. The van der Waals surface area contributed by atoms with Gasteiger partial charge in [0.2, 0.25) is 5.91 Å². The van der Waals surface area contributed by atoms with Crippen molar-refractivity contribution in [3.63, 3.8) is 0 Å². The van der Waals surface area contributed by atoms with Gasteiger partial charge in [0.05, 0.1) is 26.2 Å². The number of carbonyl (C=O) groups is 1. The molecule has 7 nitrogen and oxygen atoms in total. The van der Waals surface area contributed by atoms with E-state index in [-0.39, 0.29) is 18.1 Å². The largest absolute Gasteiger partial charge is 0.493 e. The number of nitrogens with zero attached hydrogens (tertiary/aromatic N) is 3. The van der Waals surface area contributed by atoms with Gasteiger partial charge >= 0.3 is 0 Å². The molecule has 0 unspecified atom stereocenters. The van der Waals surface area contributed by atoms with E-state index in [1.165, 1.54) is 12.1 Å². The van der Waals surface area contributed by atoms with Crippen molar-refractivity contribution in [3.05, 3.63) is 78.4 Å². The molecule has 1 N–H and O–H groups in total. The zero-order valence-corrected chi connectivity index (χ0v) is 18.5. The molecule has 4 aromatic rings. The molecular formula is C25H23FN4O3. The number of hydrogen-bond acceptors (Lipinski definition) is 5. The van der Waals surface area contributed by atoms with Gasteiger partial charge in [-0.15, -0.1) is 0 Å². The van der Waals surface area contributed by atoms with Crippen LogP contribution in [0.1, 0.15) is 5.56 Å². The minimum Gasteiger partial charge on any atom is -0.493 e. The molecule has 0 aliphatic rings. The standard InChI is InChI=1S/C25H23FN4O3/c1-30-25(28-22(31)15-16-4-9-20(32-2)21(14-16)33-3)23(17-10-12-27-13-11-17)24(29-30)18-5-7-19(26)8-6-18/h4-14H,15H2,1-3H3,(H,28,31). The fraction of sp³-hybridized carbons (Fsp3) is 0.160. The predicted octanol–water partition coefficient (Wildman–Crippen LogP) is 4.49. The van der Waals surface area contributed by atoms with Crippen LogP contribution in [0.15, 0.2) is 67.0 Å². The molecule has 168 valence electrons. The average molecular weight is 446 g/mol. The first kappa shape index (κ1) is 22.0. The lowest BCUT2D eigenvalue weighted by Crippen LogP contribution is -2.17. The Morgan fingerprint density at radius 3 is 2.33 bits per heavy atom. The zero-order valence-electron chi connectivity index (χ0n) is 18.5. The first-order valence-corrected chi connectivity index (χ1v) is 10.2. The van der Waals surface area contributed by atoms with Crippen molar-refractivity contribution < 1.29 is 18.7 Å². The number of carbonyl (C=O) groups excluding carboxylic acids is 1. The summed E-state index contributed by atoms with van der Waals surface area (Å²) >= 11 is 0. The van der Waals surface area contributed by atoms with Crippen molar-refractivity contribution >= 4 is 11.7 Å². The van der Waals surface area contributed by atoms with E-state index in [1.54, 1.807) is 62.6 Å². The van der Waals surface area contributed by atoms with E-state index in [0.717, 1.165) is 22.3 Å². The molecule has 0 aliphatic heterocycles. The number of benzene rings is 2. The Kier molecular flexibility index (Phi) is 6.35. The van der Waals surface area contributed by atoms with Gasteiger partial charge in [-0.25, -0.2) is 4.39 Å². The molecular weight excluding hydrogens is 423 g/mol. The van der Waals surface area contributed by atoms with Crippen LogP contribution < -0.4 is 14.8 Å². The summed E-state index contributed by atoms with van der Waals surface area (Å²) in [5.74, 6) is 1.14. The normalized spacial score (nSPS) is 10.7. The van der Waals surface area contributed by atoms with Gasteiger partial charge in [-0.3, -0.25) is 14.5 Å². The van der Waals surface area contributed by atoms with E-state index < -0.39 is 0 Å². The van der Waals surface area contributed by atoms with Crippen molar-refractivity contribution in [2.75, 3.05) is 19.5 Å². The van der Waals surface area contributed by atoms with Crippen LogP contribution in [0, 0.1) is 5.82 Å². The number of hydrogen-bond donors (Lipinski definition) is 1. The maximum atomic E-state index is 13.5. The minimum absolute atomic E-state index is 0.132. The molecule has 0 aliphatic carbocycles. The average Bonchev–Trinajstić information content (AvgIpc) is 3.15. The van der Waals surface area contributed by atoms with Crippen LogP contribution in [0.5, 0.6) is 11.5 Å². The highest BCUT2D eigenvalue weighted by Gasteiger charge is 2.21. The highest BCUT2D eigenvalue weighted by Crippen LogP contribution is 2.37. The second kappa shape index (κ2) is 9.52. The van der Waals surface area contributed by atoms with Crippen LogP contribution in [0.25, 0.3) is 22.4 Å². The summed E-state index contributed by atoms with van der Waals surface area (Å²) in [5, 5.41) is 7.61. The molecule has 0 saturated heterocycles. The molecule has 4 rings (SSSR count). The van der Waals surface area contributed by atoms with Crippen molar-refractivity contribution in [2.24, 2.45) is 7.05 Å². The van der Waals surface area contributed by atoms with Gasteiger partial charge in [0.1, 0.15) is 17.3 Å². The topological polar surface area (TPSA) is 78.3 Å². The van der Waals surface area contributed by atoms with Crippen LogP contribution in [0.3, 0.4) is 0 Å². The molecule has 2 aromatic heterocycles. The molecule has 2 heterocycles. The zero-order chi connectivity index (χ0) is 23.4. The molecule has 33 heavy (non-hydrogen) atoms. The van der Waals surface area contributed by atoms with Gasteiger partial charge in [-0.2, -0.15) is 5.10 Å². The number of anilines is 1. The lowest BCUT2D eigenvalue weighted by molar-refractivity contribution is -0.115.